The average Bonchev–Trinajstić information content (AvgIpc) is 3.84. The third-order valence-electron chi connectivity index (χ3n) is 11.9. The molecule has 1 N–H and O–H groups in total. The predicted octanol–water partition coefficient (Wildman–Crippen LogP) is 9.89. The zero-order valence-corrected chi connectivity index (χ0v) is 41.2. The summed E-state index contributed by atoms with van der Waals surface area (Å²) in [4.78, 5) is 41.7. The van der Waals surface area contributed by atoms with Crippen molar-refractivity contribution in [3.8, 4) is 17.6 Å². The summed E-state index contributed by atoms with van der Waals surface area (Å²) in [6.07, 6.45) is -1.72. The summed E-state index contributed by atoms with van der Waals surface area (Å²) >= 11 is 0. The lowest BCUT2D eigenvalue weighted by atomic mass is 9.79. The first-order valence-electron chi connectivity index (χ1n) is 23.2. The largest absolute Gasteiger partial charge is 0.497 e. The topological polar surface area (TPSA) is 181 Å². The molecule has 16 nitrogen and oxygen atoms in total. The third kappa shape index (κ3) is 11.1. The highest BCUT2D eigenvalue weighted by Crippen LogP contribution is 2.52. The molecule has 17 heteroatoms. The molecular formula is C54H56N7O9P. The Morgan fingerprint density at radius 2 is 1.34 bits per heavy atom. The van der Waals surface area contributed by atoms with Gasteiger partial charge in [0.2, 0.25) is 0 Å². The molecule has 0 aliphatic carbocycles. The van der Waals surface area contributed by atoms with Crippen LogP contribution in [0.2, 0.25) is 0 Å². The smallest absolute Gasteiger partial charge is 0.338 e. The van der Waals surface area contributed by atoms with Gasteiger partial charge in [0.05, 0.1) is 51.8 Å². The Kier molecular flexibility index (Phi) is 16.4. The van der Waals surface area contributed by atoms with Crippen LogP contribution in [0.1, 0.15) is 77.8 Å². The van der Waals surface area contributed by atoms with Crippen LogP contribution in [0.25, 0.3) is 11.2 Å². The lowest BCUT2D eigenvalue weighted by molar-refractivity contribution is -0.234. The first-order chi connectivity index (χ1) is 34.6. The minimum Gasteiger partial charge on any atom is -0.497 e. The number of benzene rings is 5. The second-order valence-corrected chi connectivity index (χ2v) is 18.5. The van der Waals surface area contributed by atoms with E-state index >= 15 is 0 Å². The van der Waals surface area contributed by atoms with Crippen LogP contribution in [0, 0.1) is 11.3 Å². The number of methoxy groups -OCH3 is 2. The molecule has 366 valence electrons. The summed E-state index contributed by atoms with van der Waals surface area (Å²) in [6, 6.07) is 44.5. The summed E-state index contributed by atoms with van der Waals surface area (Å²) < 4.78 is 50.4. The fourth-order valence-corrected chi connectivity index (χ4v) is 10.4. The van der Waals surface area contributed by atoms with Gasteiger partial charge in [-0.05, 0) is 92.9 Å². The highest BCUT2D eigenvalue weighted by Gasteiger charge is 2.52. The van der Waals surface area contributed by atoms with Crippen molar-refractivity contribution in [3.05, 3.63) is 180 Å². The van der Waals surface area contributed by atoms with Gasteiger partial charge in [0.15, 0.2) is 29.3 Å². The van der Waals surface area contributed by atoms with E-state index in [1.807, 2.05) is 119 Å². The van der Waals surface area contributed by atoms with Crippen LogP contribution >= 0.6 is 8.53 Å². The van der Waals surface area contributed by atoms with Crippen molar-refractivity contribution in [2.45, 2.75) is 76.3 Å². The van der Waals surface area contributed by atoms with Gasteiger partial charge in [-0.3, -0.25) is 9.36 Å². The van der Waals surface area contributed by atoms with Crippen molar-refractivity contribution in [1.82, 2.24) is 24.2 Å². The molecule has 1 saturated heterocycles. The number of amides is 1. The zero-order chi connectivity index (χ0) is 49.9. The first-order valence-corrected chi connectivity index (χ1v) is 24.4. The maximum absolute atomic E-state index is 14.6. The van der Waals surface area contributed by atoms with Crippen molar-refractivity contribution >= 4 is 37.4 Å². The van der Waals surface area contributed by atoms with Gasteiger partial charge in [0.1, 0.15) is 35.6 Å². The standard InChI is InChI=1S/C54H56N7O9P/c1-36(2)61(37(3)4)71(67-32-16-31-55)70-47-45(69-54(40-21-14-9-15-22-40,41-23-27-43(64-5)28-24-41)42-25-29-44(65-6)30-26-42)33-66-52(48(47)68-53(63)39-19-12-8-13-20-39)60-35-58-46-49(56-34-57-50(46)60)59-51(62)38-17-10-7-11-18-38/h7-15,17-30,34-37,45,47-48,52H,16,32-33H2,1-6H3,(H,56,57,59,62)/t45-,47+,48+,52+,71?/m0/s1. The summed E-state index contributed by atoms with van der Waals surface area (Å²) in [6.45, 7) is 8.11. The molecule has 2 aromatic heterocycles. The molecule has 0 spiro atoms. The minimum absolute atomic E-state index is 0.0665. The number of carbonyl (C=O) groups is 2. The number of nitriles is 1. The second kappa shape index (κ2) is 23.2. The summed E-state index contributed by atoms with van der Waals surface area (Å²) in [5.74, 6) is 0.399. The predicted molar refractivity (Wildman–Crippen MR) is 268 cm³/mol. The van der Waals surface area contributed by atoms with Crippen LogP contribution in [0.15, 0.2) is 152 Å². The molecule has 8 rings (SSSR count). The van der Waals surface area contributed by atoms with E-state index in [1.165, 1.54) is 12.7 Å². The third-order valence-corrected chi connectivity index (χ3v) is 14.1. The van der Waals surface area contributed by atoms with Crippen LogP contribution in [0.4, 0.5) is 5.82 Å². The normalized spacial score (nSPS) is 17.5. The van der Waals surface area contributed by atoms with Crippen LogP contribution in [0.5, 0.6) is 11.5 Å². The van der Waals surface area contributed by atoms with Gasteiger partial charge in [0, 0.05) is 17.6 Å². The van der Waals surface area contributed by atoms with E-state index in [4.69, 9.17) is 37.7 Å². The Hall–Kier alpha value is -7.09. The molecule has 7 aromatic rings. The van der Waals surface area contributed by atoms with Crippen molar-refractivity contribution in [2.24, 2.45) is 0 Å². The van der Waals surface area contributed by atoms with E-state index in [0.29, 0.717) is 17.1 Å². The lowest BCUT2D eigenvalue weighted by Crippen LogP contribution is -2.57. The Balaban J connectivity index is 1.33. The molecule has 3 heterocycles. The van der Waals surface area contributed by atoms with E-state index in [1.54, 1.807) is 67.3 Å². The van der Waals surface area contributed by atoms with Crippen LogP contribution in [-0.2, 0) is 28.9 Å². The Morgan fingerprint density at radius 1 is 0.775 bits per heavy atom. The SMILES string of the molecule is COc1ccc(C(O[C@H]2CO[C@@H](n3cnc4c(NC(=O)c5ccccc5)ncnc43)[C@H](OC(=O)c3ccccc3)[C@@H]2OP(OCCC#N)N(C(C)C)C(C)C)(c2ccccc2)c2ccc(OC)cc2)cc1. The van der Waals surface area contributed by atoms with Gasteiger partial charge >= 0.3 is 5.97 Å². The molecule has 0 bridgehead atoms. The number of nitrogens with one attached hydrogen (secondary N) is 1. The molecule has 0 saturated carbocycles. The van der Waals surface area contributed by atoms with Gasteiger partial charge in [-0.1, -0.05) is 91.0 Å². The van der Waals surface area contributed by atoms with Gasteiger partial charge in [-0.2, -0.15) is 5.26 Å². The van der Waals surface area contributed by atoms with Crippen LogP contribution in [0.3, 0.4) is 0 Å². The summed E-state index contributed by atoms with van der Waals surface area (Å²) in [5, 5.41) is 12.6. The molecule has 0 radical (unpaired) electrons. The lowest BCUT2D eigenvalue weighted by Gasteiger charge is -2.48. The second-order valence-electron chi connectivity index (χ2n) is 17.1. The number of ether oxygens (including phenoxy) is 5. The number of hydrogen-bond acceptors (Lipinski definition) is 14. The van der Waals surface area contributed by atoms with Gasteiger partial charge in [0.25, 0.3) is 14.4 Å². The molecule has 1 unspecified atom stereocenters. The molecule has 71 heavy (non-hydrogen) atoms. The van der Waals surface area contributed by atoms with E-state index in [0.717, 1.165) is 16.7 Å². The number of nitrogens with zero attached hydrogens (tertiary/aromatic N) is 6. The molecule has 1 aliphatic heterocycles. The van der Waals surface area contributed by atoms with Crippen molar-refractivity contribution in [2.75, 3.05) is 32.8 Å². The fourth-order valence-electron chi connectivity index (χ4n) is 8.67. The van der Waals surface area contributed by atoms with E-state index in [-0.39, 0.29) is 54.3 Å². The number of rotatable bonds is 20. The van der Waals surface area contributed by atoms with E-state index < -0.39 is 50.5 Å². The zero-order valence-electron chi connectivity index (χ0n) is 40.3. The highest BCUT2D eigenvalue weighted by molar-refractivity contribution is 7.44. The molecule has 5 atom stereocenters. The van der Waals surface area contributed by atoms with Gasteiger partial charge < -0.3 is 38.0 Å². The quantitative estimate of drug-likeness (QED) is 0.0330. The fraction of sp³-hybridized carbons (Fsp3) is 0.296. The number of hydrogen-bond donors (Lipinski definition) is 1. The molecule has 1 aliphatic rings. The first kappa shape index (κ1) is 50.3. The summed E-state index contributed by atoms with van der Waals surface area (Å²) in [5.41, 5.74) is 2.13. The monoisotopic (exact) mass is 977 g/mol. The highest BCUT2D eigenvalue weighted by atomic mass is 31.2. The van der Waals surface area contributed by atoms with Gasteiger partial charge in [-0.25, -0.2) is 24.4 Å². The maximum Gasteiger partial charge on any atom is 0.338 e. The molecule has 5 aromatic carbocycles. The van der Waals surface area contributed by atoms with Crippen LogP contribution in [-0.4, -0.2) is 93.9 Å². The number of imidazole rings is 1. The van der Waals surface area contributed by atoms with Crippen LogP contribution < -0.4 is 14.8 Å². The summed E-state index contributed by atoms with van der Waals surface area (Å²) in [7, 11) is 1.21. The number of esters is 1. The Labute approximate surface area is 414 Å². The van der Waals surface area contributed by atoms with E-state index in [9.17, 15) is 14.9 Å². The van der Waals surface area contributed by atoms with Gasteiger partial charge in [-0.15, -0.1) is 0 Å². The number of carbonyl (C=O) groups excluding carboxylic acids is 2. The molecule has 1 fully saturated rings. The molecular weight excluding hydrogens is 922 g/mol. The Morgan fingerprint density at radius 3 is 1.90 bits per heavy atom. The van der Waals surface area contributed by atoms with Crippen molar-refractivity contribution < 1.29 is 42.3 Å². The molecule has 1 amide bonds. The number of fused-ring (bicyclic) bond motifs is 1. The Bertz CT molecular complexity index is 2830. The van der Waals surface area contributed by atoms with Crippen molar-refractivity contribution in [1.29, 1.82) is 5.26 Å². The average molecular weight is 978 g/mol. The number of anilines is 1. The maximum atomic E-state index is 14.6. The minimum atomic E-state index is -2.01. The van der Waals surface area contributed by atoms with E-state index in [2.05, 4.69) is 26.0 Å². The van der Waals surface area contributed by atoms with Crippen molar-refractivity contribution in [3.63, 3.8) is 0 Å². The number of aromatic nitrogens is 4.